The lowest BCUT2D eigenvalue weighted by Crippen LogP contribution is -2.43. The number of rotatable bonds is 4. The first kappa shape index (κ1) is 37.3. The fraction of sp³-hybridized carbons (Fsp3) is 0. The van der Waals surface area contributed by atoms with Gasteiger partial charge in [0.05, 0.1) is 0 Å². The summed E-state index contributed by atoms with van der Waals surface area (Å²) in [6, 6.07) is 67.6. The molecule has 0 atom stereocenters. The molecule has 0 saturated heterocycles. The van der Waals surface area contributed by atoms with E-state index in [4.69, 9.17) is 40.0 Å². The molecule has 0 saturated carbocycles. The zero-order valence-electron chi connectivity index (χ0n) is 35.0. The average Bonchev–Trinajstić information content (AvgIpc) is 4.09. The van der Waals surface area contributed by atoms with Crippen molar-refractivity contribution < 1.29 is 0 Å². The minimum atomic E-state index is -3.01. The molecule has 66 heavy (non-hydrogen) atoms. The average molecular weight is 879 g/mol. The summed E-state index contributed by atoms with van der Waals surface area (Å²) >= 11 is -3.01. The summed E-state index contributed by atoms with van der Waals surface area (Å²) in [4.78, 5) is 32.9. The van der Waals surface area contributed by atoms with E-state index in [1.807, 2.05) is 24.3 Å². The molecule has 10 aromatic rings. The van der Waals surface area contributed by atoms with Gasteiger partial charge in [0.2, 0.25) is 0 Å². The highest BCUT2D eigenvalue weighted by molar-refractivity contribution is 7.05. The minimum Gasteiger partial charge on any atom is -0.370 e. The van der Waals surface area contributed by atoms with E-state index in [9.17, 15) is 0 Å². The first-order valence-electron chi connectivity index (χ1n) is 21.9. The van der Waals surface area contributed by atoms with Crippen molar-refractivity contribution in [3.63, 3.8) is 0 Å². The van der Waals surface area contributed by atoms with Gasteiger partial charge in [0.1, 0.15) is 22.6 Å². The molecule has 10 heteroatoms. The van der Waals surface area contributed by atoms with E-state index in [-0.39, 0.29) is 0 Å². The van der Waals surface area contributed by atoms with E-state index < -0.39 is 13.7 Å². The van der Waals surface area contributed by atoms with Crippen LogP contribution in [-0.2, 0) is 0 Å². The third kappa shape index (κ3) is 5.71. The van der Waals surface area contributed by atoms with Crippen LogP contribution in [0.5, 0.6) is 0 Å². The molecule has 4 aliphatic heterocycles. The number of aliphatic imine (C=N–C) groups is 4. The fourth-order valence-electron chi connectivity index (χ4n) is 9.82. The molecule has 8 nitrogen and oxygen atoms in total. The minimum absolute atomic E-state index is 0.567. The van der Waals surface area contributed by atoms with Crippen LogP contribution in [-0.4, -0.2) is 44.1 Å². The zero-order chi connectivity index (χ0) is 43.5. The number of fused-ring (bicyclic) bond motifs is 14. The second kappa shape index (κ2) is 14.5. The van der Waals surface area contributed by atoms with E-state index in [0.717, 1.165) is 88.3 Å². The molecule has 0 fully saturated rings. The smallest absolute Gasteiger partial charge is 0.370 e. The normalized spacial score (nSPS) is 14.1. The zero-order valence-corrected chi connectivity index (χ0v) is 36.9. The van der Waals surface area contributed by atoms with Gasteiger partial charge in [-0.2, -0.15) is 10.0 Å². The molecule has 6 heterocycles. The van der Waals surface area contributed by atoms with Gasteiger partial charge in [-0.05, 0) is 93.0 Å². The Morgan fingerprint density at radius 3 is 1.18 bits per heavy atom. The van der Waals surface area contributed by atoms with Gasteiger partial charge < -0.3 is 7.10 Å². The van der Waals surface area contributed by atoms with Gasteiger partial charge >= 0.3 is 13.7 Å². The van der Waals surface area contributed by atoms with Crippen LogP contribution in [0.2, 0.25) is 0 Å². The highest BCUT2D eigenvalue weighted by Crippen LogP contribution is 2.44. The highest BCUT2D eigenvalue weighted by Gasteiger charge is 2.38. The summed E-state index contributed by atoms with van der Waals surface area (Å²) in [6.07, 6.45) is 0. The molecule has 306 valence electrons. The molecular formula is C56H32AlClN8. The Morgan fingerprint density at radius 2 is 0.667 bits per heavy atom. The third-order valence-electron chi connectivity index (χ3n) is 13.0. The highest BCUT2D eigenvalue weighted by atomic mass is 35.6. The van der Waals surface area contributed by atoms with Crippen molar-refractivity contribution >= 4 is 80.2 Å². The molecule has 0 amide bonds. The van der Waals surface area contributed by atoms with Crippen LogP contribution in [0, 0.1) is 0 Å². The largest absolute Gasteiger partial charge is 0.722 e. The summed E-state index contributed by atoms with van der Waals surface area (Å²) in [5, 5.41) is 3.64. The van der Waals surface area contributed by atoms with Gasteiger partial charge in [0, 0.05) is 43.8 Å². The van der Waals surface area contributed by atoms with E-state index in [0.29, 0.717) is 46.0 Å². The number of benzene rings is 8. The van der Waals surface area contributed by atoms with Gasteiger partial charge in [-0.3, -0.25) is 0 Å². The molecule has 14 rings (SSSR count). The van der Waals surface area contributed by atoms with Crippen molar-refractivity contribution in [2.45, 2.75) is 0 Å². The monoisotopic (exact) mass is 878 g/mol. The summed E-state index contributed by atoms with van der Waals surface area (Å²) < 4.78 is 4.32. The Morgan fingerprint density at radius 1 is 0.288 bits per heavy atom. The number of halogens is 1. The molecule has 0 N–H and O–H groups in total. The van der Waals surface area contributed by atoms with Gasteiger partial charge in [-0.15, -0.1) is 0 Å². The van der Waals surface area contributed by atoms with Crippen molar-refractivity contribution in [1.29, 1.82) is 0 Å². The number of hydrogen-bond donors (Lipinski definition) is 0. The van der Waals surface area contributed by atoms with Gasteiger partial charge in [-0.1, -0.05) is 146 Å². The van der Waals surface area contributed by atoms with E-state index in [1.165, 1.54) is 0 Å². The molecule has 8 aromatic carbocycles. The fourth-order valence-corrected chi connectivity index (χ4v) is 12.8. The molecular weight excluding hydrogens is 847 g/mol. The second-order valence-corrected chi connectivity index (χ2v) is 19.6. The molecule has 0 unspecified atom stereocenters. The lowest BCUT2D eigenvalue weighted by molar-refractivity contribution is 0.983. The first-order chi connectivity index (χ1) is 32.6. The molecule has 6 bridgehead atoms. The summed E-state index contributed by atoms with van der Waals surface area (Å²) in [7, 11) is 8.28. The van der Waals surface area contributed by atoms with Crippen LogP contribution in [0.1, 0.15) is 22.3 Å². The van der Waals surface area contributed by atoms with Crippen LogP contribution in [0.3, 0.4) is 0 Å². The van der Waals surface area contributed by atoms with Crippen molar-refractivity contribution in [2.75, 3.05) is 0 Å². The van der Waals surface area contributed by atoms with Crippen LogP contribution >= 0.6 is 10.0 Å². The van der Waals surface area contributed by atoms with Crippen LogP contribution < -0.4 is 11.0 Å². The summed E-state index contributed by atoms with van der Waals surface area (Å²) in [6.45, 7) is 0. The number of nitrogens with zero attached hydrogens (tertiary/aromatic N) is 8. The Labute approximate surface area is 387 Å². The van der Waals surface area contributed by atoms with E-state index in [1.54, 1.807) is 0 Å². The maximum Gasteiger partial charge on any atom is 0.722 e. The van der Waals surface area contributed by atoms with Gasteiger partial charge in [0.25, 0.3) is 0 Å². The number of hydrogen-bond acceptors (Lipinski definition) is 6. The van der Waals surface area contributed by atoms with Crippen LogP contribution in [0.15, 0.2) is 224 Å². The van der Waals surface area contributed by atoms with Crippen molar-refractivity contribution in [2.24, 2.45) is 30.0 Å². The molecule has 0 radical (unpaired) electrons. The Kier molecular flexibility index (Phi) is 8.19. The van der Waals surface area contributed by atoms with Crippen LogP contribution in [0.25, 0.3) is 66.1 Å². The third-order valence-corrected chi connectivity index (χ3v) is 16.0. The molecule has 0 aliphatic carbocycles. The van der Waals surface area contributed by atoms with Crippen LogP contribution in [0.4, 0.5) is 11.6 Å². The molecule has 4 aliphatic rings. The number of amidine groups is 4. The predicted octanol–water partition coefficient (Wildman–Crippen LogP) is 11.8. The van der Waals surface area contributed by atoms with Crippen molar-refractivity contribution in [1.82, 2.24) is 7.10 Å². The van der Waals surface area contributed by atoms with Gasteiger partial charge in [0.15, 0.2) is 23.3 Å². The predicted molar refractivity (Wildman–Crippen MR) is 269 cm³/mol. The van der Waals surface area contributed by atoms with Crippen molar-refractivity contribution in [3.8, 4) is 44.5 Å². The molecule has 2 aromatic heterocycles. The van der Waals surface area contributed by atoms with E-state index >= 15 is 0 Å². The SMILES string of the molecule is [Cl][Al]1[n]2c3c4cc(-c5ccccc5)ccc4c2N=C2N=C(N=c4c5cc(-c6ccccc6)ccc5c([n]41)=NC1=NC(=N3)c3ccc(-c4ccccc4)cc31)c1ccc(-c3ccccc3)cc12. The van der Waals surface area contributed by atoms with Gasteiger partial charge in [-0.25, -0.2) is 30.0 Å². The van der Waals surface area contributed by atoms with E-state index in [2.05, 4.69) is 177 Å². The Balaban J connectivity index is 1.14. The Hall–Kier alpha value is -8.06. The Bertz CT molecular complexity index is 3980. The van der Waals surface area contributed by atoms with Crippen molar-refractivity contribution in [3.05, 3.63) is 227 Å². The lowest BCUT2D eigenvalue weighted by Gasteiger charge is -2.15. The lowest BCUT2D eigenvalue weighted by atomic mass is 9.99. The second-order valence-electron chi connectivity index (χ2n) is 16.8. The first-order valence-corrected chi connectivity index (χ1v) is 24.7. The quantitative estimate of drug-likeness (QED) is 0.158. The topological polar surface area (TPSA) is 84.0 Å². The summed E-state index contributed by atoms with van der Waals surface area (Å²) in [5.74, 6) is 3.62. The standard InChI is InChI=1S/C56H32N8.Al.ClH/c1-5-13-33(14-6-1)37-21-25-41-45(29-37)53-57-49(41)62-54-47-31-39(35-17-9-3-10-18-35)23-27-43(47)51(59-54)64-56-48-32-40(36-19-11-4-12-20-36)24-28-44(48)52(60-56)63-55-46-30-38(34-15-7-2-8-16-34)22-26-42(46)50(58-55)61-53;;/h1-32H;;1H/q-2;+3;/p-1. The molecule has 0 spiro atoms. The summed E-state index contributed by atoms with van der Waals surface area (Å²) in [5.41, 5.74) is 13.6. The maximum atomic E-state index is 8.28. The number of aromatic nitrogens is 2. The maximum absolute atomic E-state index is 8.28.